The van der Waals surface area contributed by atoms with E-state index >= 15 is 0 Å². The summed E-state index contributed by atoms with van der Waals surface area (Å²) >= 11 is 1.67. The van der Waals surface area contributed by atoms with Gasteiger partial charge in [-0.3, -0.25) is 4.79 Å². The summed E-state index contributed by atoms with van der Waals surface area (Å²) in [7, 11) is 1.37. The van der Waals surface area contributed by atoms with E-state index < -0.39 is 0 Å². The molecule has 0 atom stereocenters. The number of hydrogen-bond acceptors (Lipinski definition) is 10. The van der Waals surface area contributed by atoms with Gasteiger partial charge in [-0.1, -0.05) is 30.3 Å². The Hall–Kier alpha value is -4.32. The molecule has 5 aromatic rings. The number of H-pyrrole nitrogens is 1. The van der Waals surface area contributed by atoms with Crippen molar-refractivity contribution in [3.8, 4) is 11.4 Å². The van der Waals surface area contributed by atoms with Gasteiger partial charge in [0.2, 0.25) is 11.8 Å². The van der Waals surface area contributed by atoms with Gasteiger partial charge in [-0.05, 0) is 22.9 Å². The molecule has 34 heavy (non-hydrogen) atoms. The maximum atomic E-state index is 11.9. The molecule has 2 N–H and O–H groups in total. The number of anilines is 2. The molecule has 0 bridgehead atoms. The second kappa shape index (κ2) is 9.67. The predicted molar refractivity (Wildman–Crippen MR) is 126 cm³/mol. The first-order valence-corrected chi connectivity index (χ1v) is 11.2. The van der Waals surface area contributed by atoms with E-state index in [9.17, 15) is 4.79 Å². The van der Waals surface area contributed by atoms with Crippen LogP contribution in [0, 0.1) is 0 Å². The van der Waals surface area contributed by atoms with E-state index in [1.807, 2.05) is 30.3 Å². The predicted octanol–water partition coefficient (Wildman–Crippen LogP) is 3.22. The van der Waals surface area contributed by atoms with Gasteiger partial charge in [0.25, 0.3) is 0 Å². The number of carbonyl (C=O) groups excluding carboxylic acids is 1. The van der Waals surface area contributed by atoms with Crippen molar-refractivity contribution in [2.24, 2.45) is 0 Å². The average molecular weight is 474 g/mol. The van der Waals surface area contributed by atoms with Gasteiger partial charge >= 0.3 is 5.97 Å². The number of benzene rings is 2. The Labute approximate surface area is 198 Å². The fraction of sp³-hybridized carbons (Fsp3) is 0.136. The Morgan fingerprint density at radius 2 is 1.97 bits per heavy atom. The van der Waals surface area contributed by atoms with Crippen molar-refractivity contribution in [3.63, 3.8) is 0 Å². The third-order valence-electron chi connectivity index (χ3n) is 4.97. The summed E-state index contributed by atoms with van der Waals surface area (Å²) in [5.74, 6) is 1.25. The van der Waals surface area contributed by atoms with E-state index in [0.29, 0.717) is 17.3 Å². The molecular weight excluding hydrogens is 454 g/mol. The lowest BCUT2D eigenvalue weighted by Crippen LogP contribution is -2.10. The summed E-state index contributed by atoms with van der Waals surface area (Å²) < 4.78 is 6.59. The molecule has 0 radical (unpaired) electrons. The molecule has 0 aliphatic rings. The van der Waals surface area contributed by atoms with E-state index in [1.54, 1.807) is 35.0 Å². The molecule has 11 nitrogen and oxygen atoms in total. The quantitative estimate of drug-likeness (QED) is 0.255. The zero-order valence-corrected chi connectivity index (χ0v) is 18.9. The van der Waals surface area contributed by atoms with Gasteiger partial charge in [-0.25, -0.2) is 15.0 Å². The molecule has 0 aliphatic heterocycles. The molecular formula is C22H19N9O2S. The maximum absolute atomic E-state index is 11.9. The van der Waals surface area contributed by atoms with Gasteiger partial charge in [0, 0.05) is 28.7 Å². The van der Waals surface area contributed by atoms with Crippen molar-refractivity contribution in [1.82, 2.24) is 40.1 Å². The first kappa shape index (κ1) is 21.5. The van der Waals surface area contributed by atoms with Crippen molar-refractivity contribution < 1.29 is 9.53 Å². The molecule has 3 aromatic heterocycles. The number of esters is 1. The number of aromatic nitrogens is 8. The lowest BCUT2D eigenvalue weighted by Gasteiger charge is -2.10. The Kier molecular flexibility index (Phi) is 6.12. The number of nitrogens with one attached hydrogen (secondary N) is 2. The number of carbonyl (C=O) groups is 1. The van der Waals surface area contributed by atoms with E-state index in [1.165, 1.54) is 12.7 Å². The third kappa shape index (κ3) is 4.71. The van der Waals surface area contributed by atoms with Crippen LogP contribution >= 0.6 is 11.8 Å². The van der Waals surface area contributed by atoms with Crippen LogP contribution in [0.15, 0.2) is 66.1 Å². The van der Waals surface area contributed by atoms with Crippen LogP contribution in [0.3, 0.4) is 0 Å². The summed E-state index contributed by atoms with van der Waals surface area (Å²) in [5.41, 5.74) is 4.22. The number of methoxy groups -OCH3 is 1. The molecule has 0 fully saturated rings. The van der Waals surface area contributed by atoms with Crippen LogP contribution in [0.25, 0.3) is 22.4 Å². The Balaban J connectivity index is 1.46. The molecule has 0 saturated heterocycles. The van der Waals surface area contributed by atoms with Gasteiger partial charge in [0.05, 0.1) is 24.5 Å². The van der Waals surface area contributed by atoms with Gasteiger partial charge < -0.3 is 14.6 Å². The van der Waals surface area contributed by atoms with Crippen molar-refractivity contribution in [1.29, 1.82) is 0 Å². The minimum absolute atomic E-state index is 0.0646. The third-order valence-corrected chi connectivity index (χ3v) is 6.07. The second-order valence-corrected chi connectivity index (χ2v) is 8.24. The smallest absolute Gasteiger partial charge is 0.325 e. The van der Waals surface area contributed by atoms with Gasteiger partial charge in [-0.2, -0.15) is 5.21 Å². The van der Waals surface area contributed by atoms with Crippen molar-refractivity contribution >= 4 is 40.4 Å². The molecule has 5 rings (SSSR count). The number of ether oxygens (including phenoxy) is 1. The lowest BCUT2D eigenvalue weighted by molar-refractivity contribution is -0.141. The largest absolute Gasteiger partial charge is 0.468 e. The van der Waals surface area contributed by atoms with Crippen LogP contribution in [0.4, 0.5) is 11.6 Å². The van der Waals surface area contributed by atoms with Crippen molar-refractivity contribution in [2.45, 2.75) is 17.2 Å². The number of rotatable bonds is 8. The number of thioether (sulfide) groups is 1. The summed E-state index contributed by atoms with van der Waals surface area (Å²) in [6, 6.07) is 14.1. The zero-order chi connectivity index (χ0) is 23.3. The Morgan fingerprint density at radius 1 is 1.15 bits per heavy atom. The van der Waals surface area contributed by atoms with Gasteiger partial charge in [-0.15, -0.1) is 22.0 Å². The number of hydrogen-bond donors (Lipinski definition) is 2. The summed E-state index contributed by atoms with van der Waals surface area (Å²) in [4.78, 5) is 26.1. The second-order valence-electron chi connectivity index (χ2n) is 7.22. The van der Waals surface area contributed by atoms with Gasteiger partial charge in [0.15, 0.2) is 0 Å². The first-order valence-electron chi connectivity index (χ1n) is 10.2. The monoisotopic (exact) mass is 473 g/mol. The molecule has 0 spiro atoms. The van der Waals surface area contributed by atoms with Crippen molar-refractivity contribution in [3.05, 3.63) is 66.7 Å². The molecule has 3 heterocycles. The molecule has 0 aliphatic carbocycles. The maximum Gasteiger partial charge on any atom is 0.325 e. The van der Waals surface area contributed by atoms with Gasteiger partial charge in [0.1, 0.15) is 12.1 Å². The van der Waals surface area contributed by atoms with Crippen LogP contribution in [0.5, 0.6) is 0 Å². The average Bonchev–Trinajstić information content (AvgIpc) is 3.55. The highest BCUT2D eigenvalue weighted by molar-refractivity contribution is 7.98. The number of fused-ring (bicyclic) bond motifs is 1. The fourth-order valence-corrected chi connectivity index (χ4v) is 4.32. The number of nitrogens with zero attached hydrogens (tertiary/aromatic N) is 7. The summed E-state index contributed by atoms with van der Waals surface area (Å²) in [6.07, 6.45) is 4.88. The molecule has 2 aromatic carbocycles. The van der Waals surface area contributed by atoms with Crippen LogP contribution in [-0.4, -0.2) is 53.2 Å². The number of tetrazole rings is 1. The zero-order valence-electron chi connectivity index (χ0n) is 18.0. The highest BCUT2D eigenvalue weighted by Crippen LogP contribution is 2.33. The molecule has 0 unspecified atom stereocenters. The fourth-order valence-electron chi connectivity index (χ4n) is 3.30. The standard InChI is InChI=1S/C22H19N9O2S/c1-33-19(32)11-31-13-25-20-17(31)7-16(8-18(20)34-12-14-5-3-2-4-6-14)26-22-23-9-15(10-24-22)21-27-29-30-28-21/h2-10,13H,11-12H2,1H3,(H,23,24,26)(H,27,28,29,30). The van der Waals surface area contributed by atoms with Crippen LogP contribution < -0.4 is 5.32 Å². The first-order chi connectivity index (χ1) is 16.7. The Bertz CT molecular complexity index is 1400. The SMILES string of the molecule is COC(=O)Cn1cnc2c(SCc3ccccc3)cc(Nc3ncc(-c4nn[nH]n4)cn3)cc21. The van der Waals surface area contributed by atoms with E-state index in [0.717, 1.165) is 27.4 Å². The minimum atomic E-state index is -0.350. The molecule has 12 heteroatoms. The number of imidazole rings is 1. The molecule has 170 valence electrons. The number of aromatic amines is 1. The minimum Gasteiger partial charge on any atom is -0.468 e. The lowest BCUT2D eigenvalue weighted by atomic mass is 10.2. The molecule has 0 amide bonds. The van der Waals surface area contributed by atoms with E-state index in [4.69, 9.17) is 4.74 Å². The highest BCUT2D eigenvalue weighted by atomic mass is 32.2. The summed E-state index contributed by atoms with van der Waals surface area (Å²) in [6.45, 7) is 0.0646. The normalized spacial score (nSPS) is 11.0. The topological polar surface area (TPSA) is 136 Å². The highest BCUT2D eigenvalue weighted by Gasteiger charge is 2.14. The molecule has 0 saturated carbocycles. The van der Waals surface area contributed by atoms with E-state index in [2.05, 4.69) is 53.0 Å². The van der Waals surface area contributed by atoms with Crippen LogP contribution in [-0.2, 0) is 21.8 Å². The Morgan fingerprint density at radius 3 is 2.71 bits per heavy atom. The van der Waals surface area contributed by atoms with Crippen LogP contribution in [0.1, 0.15) is 5.56 Å². The summed E-state index contributed by atoms with van der Waals surface area (Å²) in [5, 5.41) is 17.0. The van der Waals surface area contributed by atoms with Crippen LogP contribution in [0.2, 0.25) is 0 Å². The van der Waals surface area contributed by atoms with Crippen molar-refractivity contribution in [2.75, 3.05) is 12.4 Å². The van der Waals surface area contributed by atoms with E-state index in [-0.39, 0.29) is 12.5 Å².